The van der Waals surface area contributed by atoms with E-state index in [2.05, 4.69) is 15.6 Å². The maximum atomic E-state index is 12.2. The Bertz CT molecular complexity index is 1050. The van der Waals surface area contributed by atoms with Crippen molar-refractivity contribution in [2.24, 2.45) is 0 Å². The van der Waals surface area contributed by atoms with Gasteiger partial charge in [0.25, 0.3) is 5.91 Å². The molecule has 0 bridgehead atoms. The van der Waals surface area contributed by atoms with Crippen LogP contribution in [0.5, 0.6) is 5.75 Å². The molecular formula is C21H19Cl2N3O3S. The standard InChI is InChI=1S/C21H19Cl2N3O3S/c1-12(24-13(2)27)14-3-5-15(6-4-14)18-11-30-21(25-18)26-20(28)10-29-19-9-16(22)7-8-17(19)23/h3-9,11-12H,10H2,1-2H3,(H,24,27)(H,25,26,28). The quantitative estimate of drug-likeness (QED) is 0.495. The second-order valence-corrected chi connectivity index (χ2v) is 8.20. The molecule has 0 spiro atoms. The van der Waals surface area contributed by atoms with Gasteiger partial charge in [-0.3, -0.25) is 14.9 Å². The van der Waals surface area contributed by atoms with E-state index in [-0.39, 0.29) is 24.5 Å². The van der Waals surface area contributed by atoms with E-state index in [0.29, 0.717) is 20.9 Å². The maximum Gasteiger partial charge on any atom is 0.264 e. The Balaban J connectivity index is 1.58. The number of halogens is 2. The van der Waals surface area contributed by atoms with Crippen molar-refractivity contribution in [2.75, 3.05) is 11.9 Å². The number of amides is 2. The third-order valence-corrected chi connectivity index (χ3v) is 5.43. The summed E-state index contributed by atoms with van der Waals surface area (Å²) in [4.78, 5) is 27.8. The molecule has 2 aromatic carbocycles. The molecule has 0 saturated carbocycles. The number of nitrogens with zero attached hydrogens (tertiary/aromatic N) is 1. The monoisotopic (exact) mass is 463 g/mol. The van der Waals surface area contributed by atoms with Crippen LogP contribution in [0.15, 0.2) is 47.8 Å². The Labute approximate surface area is 188 Å². The Morgan fingerprint density at radius 2 is 1.90 bits per heavy atom. The fourth-order valence-corrected chi connectivity index (χ4v) is 3.75. The highest BCUT2D eigenvalue weighted by molar-refractivity contribution is 7.14. The number of benzene rings is 2. The first kappa shape index (κ1) is 22.1. The summed E-state index contributed by atoms with van der Waals surface area (Å²) < 4.78 is 5.42. The zero-order valence-corrected chi connectivity index (χ0v) is 18.6. The molecule has 1 atom stereocenters. The second-order valence-electron chi connectivity index (χ2n) is 6.49. The van der Waals surface area contributed by atoms with Crippen LogP contribution in [-0.4, -0.2) is 23.4 Å². The molecule has 1 heterocycles. The third-order valence-electron chi connectivity index (χ3n) is 4.13. The van der Waals surface area contributed by atoms with Gasteiger partial charge >= 0.3 is 0 Å². The Hall–Kier alpha value is -2.61. The lowest BCUT2D eigenvalue weighted by molar-refractivity contribution is -0.119. The molecule has 2 N–H and O–H groups in total. The minimum Gasteiger partial charge on any atom is -0.482 e. The summed E-state index contributed by atoms with van der Waals surface area (Å²) in [7, 11) is 0. The normalized spacial score (nSPS) is 11.6. The van der Waals surface area contributed by atoms with Gasteiger partial charge in [0.05, 0.1) is 16.8 Å². The molecule has 0 aliphatic rings. The van der Waals surface area contributed by atoms with Gasteiger partial charge in [-0.25, -0.2) is 4.98 Å². The number of aromatic nitrogens is 1. The number of ether oxygens (including phenoxy) is 1. The molecule has 1 unspecified atom stereocenters. The number of carbonyl (C=O) groups excluding carboxylic acids is 2. The predicted octanol–water partition coefficient (Wildman–Crippen LogP) is 5.33. The van der Waals surface area contributed by atoms with Crippen molar-refractivity contribution in [3.05, 3.63) is 63.5 Å². The summed E-state index contributed by atoms with van der Waals surface area (Å²) in [5, 5.41) is 8.72. The van der Waals surface area contributed by atoms with Gasteiger partial charge in [-0.05, 0) is 24.6 Å². The lowest BCUT2D eigenvalue weighted by atomic mass is 10.1. The van der Waals surface area contributed by atoms with Gasteiger partial charge in [-0.2, -0.15) is 0 Å². The average Bonchev–Trinajstić information content (AvgIpc) is 3.16. The topological polar surface area (TPSA) is 80.3 Å². The van der Waals surface area contributed by atoms with E-state index >= 15 is 0 Å². The van der Waals surface area contributed by atoms with E-state index in [9.17, 15) is 9.59 Å². The number of thiazole rings is 1. The molecule has 2 amide bonds. The van der Waals surface area contributed by atoms with Gasteiger partial charge in [0.1, 0.15) is 5.75 Å². The third kappa shape index (κ3) is 5.95. The van der Waals surface area contributed by atoms with E-state index in [1.54, 1.807) is 18.2 Å². The van der Waals surface area contributed by atoms with E-state index in [0.717, 1.165) is 16.8 Å². The number of nitrogens with one attached hydrogen (secondary N) is 2. The van der Waals surface area contributed by atoms with Crippen molar-refractivity contribution in [1.29, 1.82) is 0 Å². The number of anilines is 1. The SMILES string of the molecule is CC(=O)NC(C)c1ccc(-c2csc(NC(=O)COc3cc(Cl)ccc3Cl)n2)cc1. The molecule has 0 aliphatic carbocycles. The average molecular weight is 464 g/mol. The molecule has 30 heavy (non-hydrogen) atoms. The summed E-state index contributed by atoms with van der Waals surface area (Å²) in [5.74, 6) is -0.0905. The fourth-order valence-electron chi connectivity index (χ4n) is 2.68. The van der Waals surface area contributed by atoms with Crippen LogP contribution in [0, 0.1) is 0 Å². The van der Waals surface area contributed by atoms with Crippen LogP contribution in [0.25, 0.3) is 11.3 Å². The van der Waals surface area contributed by atoms with Gasteiger partial charge in [-0.1, -0.05) is 47.5 Å². The zero-order valence-electron chi connectivity index (χ0n) is 16.2. The highest BCUT2D eigenvalue weighted by Crippen LogP contribution is 2.28. The van der Waals surface area contributed by atoms with Gasteiger partial charge in [-0.15, -0.1) is 11.3 Å². The van der Waals surface area contributed by atoms with Crippen molar-refractivity contribution < 1.29 is 14.3 Å². The first-order chi connectivity index (χ1) is 14.3. The first-order valence-corrected chi connectivity index (χ1v) is 10.7. The predicted molar refractivity (Wildman–Crippen MR) is 120 cm³/mol. The lowest BCUT2D eigenvalue weighted by Gasteiger charge is -2.13. The highest BCUT2D eigenvalue weighted by Gasteiger charge is 2.11. The van der Waals surface area contributed by atoms with Gasteiger partial charge in [0, 0.05) is 29.0 Å². The summed E-state index contributed by atoms with van der Waals surface area (Å²) in [6.07, 6.45) is 0. The molecule has 0 saturated heterocycles. The van der Waals surface area contributed by atoms with Crippen LogP contribution in [0.4, 0.5) is 5.13 Å². The smallest absolute Gasteiger partial charge is 0.264 e. The van der Waals surface area contributed by atoms with Gasteiger partial charge < -0.3 is 10.1 Å². The maximum absolute atomic E-state index is 12.2. The van der Waals surface area contributed by atoms with E-state index in [1.165, 1.54) is 18.3 Å². The van der Waals surface area contributed by atoms with Crippen LogP contribution in [0.2, 0.25) is 10.0 Å². The summed E-state index contributed by atoms with van der Waals surface area (Å²) in [5.41, 5.74) is 2.65. The number of hydrogen-bond donors (Lipinski definition) is 2. The van der Waals surface area contributed by atoms with Crippen LogP contribution in [0.1, 0.15) is 25.5 Å². The van der Waals surface area contributed by atoms with Crippen LogP contribution in [0.3, 0.4) is 0 Å². The molecule has 156 valence electrons. The molecule has 0 aliphatic heterocycles. The van der Waals surface area contributed by atoms with Crippen LogP contribution < -0.4 is 15.4 Å². The largest absolute Gasteiger partial charge is 0.482 e. The molecule has 9 heteroatoms. The second kappa shape index (κ2) is 9.93. The van der Waals surface area contributed by atoms with Gasteiger partial charge in [0.15, 0.2) is 11.7 Å². The van der Waals surface area contributed by atoms with E-state index in [1.807, 2.05) is 36.6 Å². The van der Waals surface area contributed by atoms with E-state index in [4.69, 9.17) is 27.9 Å². The number of rotatable bonds is 7. The van der Waals surface area contributed by atoms with Crippen LogP contribution >= 0.6 is 34.5 Å². The number of carbonyl (C=O) groups is 2. The summed E-state index contributed by atoms with van der Waals surface area (Å²) >= 11 is 13.2. The van der Waals surface area contributed by atoms with Crippen molar-refractivity contribution in [1.82, 2.24) is 10.3 Å². The molecular weight excluding hydrogens is 445 g/mol. The van der Waals surface area contributed by atoms with Crippen LogP contribution in [-0.2, 0) is 9.59 Å². The molecule has 3 rings (SSSR count). The molecule has 6 nitrogen and oxygen atoms in total. The molecule has 3 aromatic rings. The van der Waals surface area contributed by atoms with Gasteiger partial charge in [0.2, 0.25) is 5.91 Å². The first-order valence-electron chi connectivity index (χ1n) is 9.02. The molecule has 1 aromatic heterocycles. The lowest BCUT2D eigenvalue weighted by Crippen LogP contribution is -2.23. The Morgan fingerprint density at radius 3 is 2.60 bits per heavy atom. The van der Waals surface area contributed by atoms with Crippen molar-refractivity contribution in [2.45, 2.75) is 19.9 Å². The van der Waals surface area contributed by atoms with Crippen molar-refractivity contribution in [3.63, 3.8) is 0 Å². The minimum atomic E-state index is -0.355. The number of hydrogen-bond acceptors (Lipinski definition) is 5. The highest BCUT2D eigenvalue weighted by atomic mass is 35.5. The molecule has 0 fully saturated rings. The Morgan fingerprint density at radius 1 is 1.17 bits per heavy atom. The summed E-state index contributed by atoms with van der Waals surface area (Å²) in [6.45, 7) is 3.20. The van der Waals surface area contributed by atoms with E-state index < -0.39 is 0 Å². The van der Waals surface area contributed by atoms with Crippen molar-refractivity contribution >= 4 is 51.5 Å². The Kier molecular flexibility index (Phi) is 7.31. The fraction of sp³-hybridized carbons (Fsp3) is 0.190. The molecule has 0 radical (unpaired) electrons. The summed E-state index contributed by atoms with van der Waals surface area (Å²) in [6, 6.07) is 12.5. The van der Waals surface area contributed by atoms with Crippen molar-refractivity contribution in [3.8, 4) is 17.0 Å². The zero-order chi connectivity index (χ0) is 21.7. The minimum absolute atomic E-state index is 0.0742.